The van der Waals surface area contributed by atoms with Crippen LogP contribution in [-0.4, -0.2) is 32.2 Å². The number of hydrogen-bond acceptors (Lipinski definition) is 5. The predicted molar refractivity (Wildman–Crippen MR) is 153 cm³/mol. The van der Waals surface area contributed by atoms with E-state index in [4.69, 9.17) is 23.7 Å². The third kappa shape index (κ3) is 7.70. The molecule has 0 radical (unpaired) electrons. The molecule has 39 heavy (non-hydrogen) atoms. The lowest BCUT2D eigenvalue weighted by Gasteiger charge is -2.42. The van der Waals surface area contributed by atoms with Gasteiger partial charge in [-0.25, -0.2) is 0 Å². The molecule has 4 aromatic carbocycles. The molecule has 1 fully saturated rings. The molecule has 1 heterocycles. The molecule has 1 aliphatic heterocycles. The van der Waals surface area contributed by atoms with E-state index in [2.05, 4.69) is 48.5 Å². The van der Waals surface area contributed by atoms with Crippen molar-refractivity contribution < 1.29 is 23.7 Å². The van der Waals surface area contributed by atoms with E-state index < -0.39 is 11.2 Å². The van der Waals surface area contributed by atoms with Crippen LogP contribution in [0.3, 0.4) is 0 Å². The Morgan fingerprint density at radius 1 is 0.564 bits per heavy atom. The third-order valence-electron chi connectivity index (χ3n) is 6.81. The van der Waals surface area contributed by atoms with Gasteiger partial charge in [-0.1, -0.05) is 84.9 Å². The predicted octanol–water partition coefficient (Wildman–Crippen LogP) is 7.30. The van der Waals surface area contributed by atoms with Crippen LogP contribution in [0.2, 0.25) is 0 Å². The minimum atomic E-state index is -0.604. The van der Waals surface area contributed by atoms with Crippen LogP contribution in [0.1, 0.15) is 25.0 Å². The molecule has 0 bridgehead atoms. The van der Waals surface area contributed by atoms with Crippen LogP contribution in [0.5, 0.6) is 11.5 Å². The van der Waals surface area contributed by atoms with E-state index in [1.807, 2.05) is 74.5 Å². The zero-order valence-corrected chi connectivity index (χ0v) is 22.7. The smallest absolute Gasteiger partial charge is 0.162 e. The fourth-order valence-electron chi connectivity index (χ4n) is 4.37. The van der Waals surface area contributed by atoms with E-state index in [-0.39, 0.29) is 0 Å². The molecule has 5 nitrogen and oxygen atoms in total. The second kappa shape index (κ2) is 12.5. The van der Waals surface area contributed by atoms with E-state index >= 15 is 0 Å². The van der Waals surface area contributed by atoms with Gasteiger partial charge in [0.2, 0.25) is 0 Å². The van der Waals surface area contributed by atoms with Crippen LogP contribution in [0, 0.1) is 5.41 Å². The first kappa shape index (κ1) is 26.9. The van der Waals surface area contributed by atoms with Crippen LogP contribution >= 0.6 is 0 Å². The summed E-state index contributed by atoms with van der Waals surface area (Å²) in [6, 6.07) is 36.7. The Balaban J connectivity index is 1.16. The van der Waals surface area contributed by atoms with E-state index in [0.717, 1.165) is 33.8 Å². The molecule has 1 saturated heterocycles. The van der Waals surface area contributed by atoms with E-state index in [1.54, 1.807) is 0 Å². The lowest BCUT2D eigenvalue weighted by atomic mass is 9.91. The molecule has 0 aromatic heterocycles. The minimum Gasteiger partial charge on any atom is -0.493 e. The highest BCUT2D eigenvalue weighted by Gasteiger charge is 2.41. The maximum atomic E-state index is 6.24. The highest BCUT2D eigenvalue weighted by atomic mass is 16.7. The Kier molecular flexibility index (Phi) is 8.62. The maximum Gasteiger partial charge on any atom is 0.162 e. The lowest BCUT2D eigenvalue weighted by Crippen LogP contribution is -2.51. The minimum absolute atomic E-state index is 0.390. The summed E-state index contributed by atoms with van der Waals surface area (Å²) in [5.41, 5.74) is 4.13. The molecule has 0 spiro atoms. The van der Waals surface area contributed by atoms with Gasteiger partial charge in [-0.3, -0.25) is 0 Å². The van der Waals surface area contributed by atoms with Gasteiger partial charge in [-0.05, 0) is 60.4 Å². The summed E-state index contributed by atoms with van der Waals surface area (Å²) in [5.74, 6) is 1.04. The molecule has 0 aliphatic carbocycles. The molecule has 0 unspecified atom stereocenters. The molecule has 4 aromatic rings. The van der Waals surface area contributed by atoms with Gasteiger partial charge in [0.05, 0.1) is 31.8 Å². The van der Waals surface area contributed by atoms with Gasteiger partial charge in [-0.2, -0.15) is 0 Å². The first-order valence-electron chi connectivity index (χ1n) is 13.4. The largest absolute Gasteiger partial charge is 0.493 e. The van der Waals surface area contributed by atoms with E-state index in [1.165, 1.54) is 0 Å². The van der Waals surface area contributed by atoms with Crippen molar-refractivity contribution in [1.82, 2.24) is 0 Å². The van der Waals surface area contributed by atoms with Crippen molar-refractivity contribution in [3.63, 3.8) is 0 Å². The molecule has 5 heteroatoms. The fourth-order valence-corrected chi connectivity index (χ4v) is 4.37. The normalized spacial score (nSPS) is 15.9. The summed E-state index contributed by atoms with van der Waals surface area (Å²) in [6.45, 7) is 6.89. The Bertz CT molecular complexity index is 1280. The molecular weight excluding hydrogens is 488 g/mol. The van der Waals surface area contributed by atoms with Gasteiger partial charge >= 0.3 is 0 Å². The van der Waals surface area contributed by atoms with Crippen molar-refractivity contribution in [1.29, 1.82) is 0 Å². The van der Waals surface area contributed by atoms with Crippen LogP contribution in [0.15, 0.2) is 109 Å². The van der Waals surface area contributed by atoms with Crippen LogP contribution in [-0.2, 0) is 27.4 Å². The summed E-state index contributed by atoms with van der Waals surface area (Å²) in [6.07, 6.45) is 0. The molecule has 0 N–H and O–H groups in total. The zero-order valence-electron chi connectivity index (χ0n) is 22.7. The topological polar surface area (TPSA) is 46.2 Å². The molecule has 0 amide bonds. The number of hydrogen-bond donors (Lipinski definition) is 0. The fraction of sp³-hybridized carbons (Fsp3) is 0.294. The highest BCUT2D eigenvalue weighted by Crippen LogP contribution is 2.32. The highest BCUT2D eigenvalue weighted by molar-refractivity contribution is 5.64. The lowest BCUT2D eigenvalue weighted by molar-refractivity contribution is -0.296. The second-order valence-electron chi connectivity index (χ2n) is 10.6. The van der Waals surface area contributed by atoms with Crippen LogP contribution < -0.4 is 9.47 Å². The Hall–Kier alpha value is -3.64. The first-order chi connectivity index (χ1) is 19.0. The zero-order chi connectivity index (χ0) is 27.0. The van der Waals surface area contributed by atoms with Crippen LogP contribution in [0.25, 0.3) is 11.1 Å². The Morgan fingerprint density at radius 3 is 1.59 bits per heavy atom. The number of benzene rings is 4. The monoisotopic (exact) mass is 524 g/mol. The van der Waals surface area contributed by atoms with Gasteiger partial charge in [-0.15, -0.1) is 0 Å². The first-order valence-corrected chi connectivity index (χ1v) is 13.4. The standard InChI is InChI=1S/C34H36O5/c1-33(2)38-25-34(26-39-33,23-35-21-27-9-5-3-6-10-27)24-37-32-19-15-30(16-20-32)29-13-17-31(18-14-29)36-22-28-11-7-4-8-12-28/h3-20H,21-26H2,1-2H3. The number of rotatable bonds is 11. The SMILES string of the molecule is CC1(C)OCC(COCc2ccccc2)(COc2ccc(-c3ccc(OCc4ccccc4)cc3)cc2)CO1. The van der Waals surface area contributed by atoms with Crippen LogP contribution in [0.4, 0.5) is 0 Å². The molecule has 1 aliphatic rings. The summed E-state index contributed by atoms with van der Waals surface area (Å²) >= 11 is 0. The summed E-state index contributed by atoms with van der Waals surface area (Å²) in [7, 11) is 0. The average molecular weight is 525 g/mol. The van der Waals surface area contributed by atoms with Crippen molar-refractivity contribution in [3.8, 4) is 22.6 Å². The van der Waals surface area contributed by atoms with E-state index in [0.29, 0.717) is 39.6 Å². The Labute approximate surface area is 231 Å². The number of ether oxygens (including phenoxy) is 5. The van der Waals surface area contributed by atoms with Gasteiger partial charge < -0.3 is 23.7 Å². The van der Waals surface area contributed by atoms with Crippen molar-refractivity contribution in [2.24, 2.45) is 5.41 Å². The van der Waals surface area contributed by atoms with Gasteiger partial charge in [0, 0.05) is 0 Å². The summed E-state index contributed by atoms with van der Waals surface area (Å²) in [4.78, 5) is 0. The molecule has 0 atom stereocenters. The second-order valence-corrected chi connectivity index (χ2v) is 10.6. The molecule has 0 saturated carbocycles. The Morgan fingerprint density at radius 2 is 1.05 bits per heavy atom. The van der Waals surface area contributed by atoms with Crippen molar-refractivity contribution >= 4 is 0 Å². The molecule has 202 valence electrons. The summed E-state index contributed by atoms with van der Waals surface area (Å²) < 4.78 is 30.3. The maximum absolute atomic E-state index is 6.24. The van der Waals surface area contributed by atoms with Crippen molar-refractivity contribution in [2.45, 2.75) is 32.8 Å². The summed E-state index contributed by atoms with van der Waals surface area (Å²) in [5, 5.41) is 0. The van der Waals surface area contributed by atoms with Gasteiger partial charge in [0.1, 0.15) is 24.7 Å². The third-order valence-corrected chi connectivity index (χ3v) is 6.81. The van der Waals surface area contributed by atoms with Crippen molar-refractivity contribution in [2.75, 3.05) is 26.4 Å². The molecule has 5 rings (SSSR count). The van der Waals surface area contributed by atoms with Gasteiger partial charge in [0.15, 0.2) is 5.79 Å². The molecular formula is C34H36O5. The van der Waals surface area contributed by atoms with Gasteiger partial charge in [0.25, 0.3) is 0 Å². The van der Waals surface area contributed by atoms with E-state index in [9.17, 15) is 0 Å². The van der Waals surface area contributed by atoms with Crippen molar-refractivity contribution in [3.05, 3.63) is 120 Å². The average Bonchev–Trinajstić information content (AvgIpc) is 2.98. The quantitative estimate of drug-likeness (QED) is 0.206.